The summed E-state index contributed by atoms with van der Waals surface area (Å²) in [5.74, 6) is 1.82. The van der Waals surface area contributed by atoms with Gasteiger partial charge in [0.05, 0.1) is 6.61 Å². The molecule has 1 aliphatic heterocycles. The molecule has 0 unspecified atom stereocenters. The van der Waals surface area contributed by atoms with Crippen LogP contribution in [0.2, 0.25) is 5.15 Å². The van der Waals surface area contributed by atoms with E-state index in [0.29, 0.717) is 29.4 Å². The highest BCUT2D eigenvalue weighted by atomic mass is 35.5. The monoisotopic (exact) mass is 284 g/mol. The van der Waals surface area contributed by atoms with E-state index >= 15 is 0 Å². The second-order valence-corrected chi connectivity index (χ2v) is 6.36. The lowest BCUT2D eigenvalue weighted by Gasteiger charge is -2.22. The molecule has 0 aliphatic carbocycles. The molecule has 0 N–H and O–H groups in total. The van der Waals surface area contributed by atoms with Crippen LogP contribution in [0.4, 0.5) is 0 Å². The second kappa shape index (κ2) is 6.06. The fraction of sp³-hybridized carbons (Fsp3) is 0.714. The number of hydrogen-bond acceptors (Lipinski definition) is 4. The smallest absolute Gasteiger partial charge is 0.218 e. The normalized spacial score (nSPS) is 17.5. The van der Waals surface area contributed by atoms with Crippen LogP contribution in [0, 0.1) is 5.92 Å². The number of halogens is 1. The van der Waals surface area contributed by atoms with Crippen LogP contribution in [0.15, 0.2) is 6.07 Å². The molecule has 0 spiro atoms. The molecule has 5 heteroatoms. The molecule has 1 aliphatic rings. The van der Waals surface area contributed by atoms with Crippen molar-refractivity contribution in [3.63, 3.8) is 0 Å². The third kappa shape index (κ3) is 4.32. The standard InChI is InChI=1S/C14H21ClN2O2/c1-14(2,3)13-16-11(15)8-12(17-13)19-9-10-4-6-18-7-5-10/h8,10H,4-7,9H2,1-3H3. The maximum Gasteiger partial charge on any atom is 0.218 e. The fourth-order valence-corrected chi connectivity index (χ4v) is 2.10. The summed E-state index contributed by atoms with van der Waals surface area (Å²) in [6.45, 7) is 8.49. The van der Waals surface area contributed by atoms with Gasteiger partial charge in [-0.1, -0.05) is 32.4 Å². The Morgan fingerprint density at radius 1 is 1.32 bits per heavy atom. The van der Waals surface area contributed by atoms with Crippen molar-refractivity contribution in [2.45, 2.75) is 39.0 Å². The molecule has 0 radical (unpaired) electrons. The van der Waals surface area contributed by atoms with E-state index in [-0.39, 0.29) is 5.41 Å². The van der Waals surface area contributed by atoms with Gasteiger partial charge in [0.15, 0.2) is 0 Å². The predicted molar refractivity (Wildman–Crippen MR) is 74.8 cm³/mol. The van der Waals surface area contributed by atoms with Crippen molar-refractivity contribution < 1.29 is 9.47 Å². The van der Waals surface area contributed by atoms with Gasteiger partial charge in [0, 0.05) is 24.7 Å². The number of rotatable bonds is 3. The van der Waals surface area contributed by atoms with E-state index in [9.17, 15) is 0 Å². The highest BCUT2D eigenvalue weighted by Gasteiger charge is 2.20. The van der Waals surface area contributed by atoms with Crippen LogP contribution in [-0.2, 0) is 10.2 Å². The minimum atomic E-state index is -0.137. The van der Waals surface area contributed by atoms with E-state index in [1.54, 1.807) is 6.07 Å². The maximum absolute atomic E-state index is 6.03. The van der Waals surface area contributed by atoms with Gasteiger partial charge in [0.2, 0.25) is 5.88 Å². The molecule has 0 bridgehead atoms. The number of hydrogen-bond donors (Lipinski definition) is 0. The third-order valence-electron chi connectivity index (χ3n) is 3.15. The Morgan fingerprint density at radius 3 is 2.63 bits per heavy atom. The lowest BCUT2D eigenvalue weighted by Crippen LogP contribution is -2.22. The van der Waals surface area contributed by atoms with Crippen molar-refractivity contribution in [3.8, 4) is 5.88 Å². The van der Waals surface area contributed by atoms with E-state index < -0.39 is 0 Å². The first-order valence-corrected chi connectivity index (χ1v) is 7.08. The summed E-state index contributed by atoms with van der Waals surface area (Å²) in [6.07, 6.45) is 2.09. The highest BCUT2D eigenvalue weighted by Crippen LogP contribution is 2.24. The van der Waals surface area contributed by atoms with Gasteiger partial charge < -0.3 is 9.47 Å². The Bertz CT molecular complexity index is 426. The molecule has 0 atom stereocenters. The van der Waals surface area contributed by atoms with Crippen molar-refractivity contribution >= 4 is 11.6 Å². The van der Waals surface area contributed by atoms with Gasteiger partial charge in [-0.25, -0.2) is 4.98 Å². The molecule has 106 valence electrons. The molecule has 1 aromatic heterocycles. The van der Waals surface area contributed by atoms with Crippen LogP contribution in [0.1, 0.15) is 39.4 Å². The summed E-state index contributed by atoms with van der Waals surface area (Å²) in [7, 11) is 0. The van der Waals surface area contributed by atoms with E-state index in [1.807, 2.05) is 0 Å². The SMILES string of the molecule is CC(C)(C)c1nc(Cl)cc(OCC2CCOCC2)n1. The van der Waals surface area contributed by atoms with Crippen LogP contribution in [0.5, 0.6) is 5.88 Å². The average molecular weight is 285 g/mol. The quantitative estimate of drug-likeness (QED) is 0.800. The molecule has 1 aromatic rings. The van der Waals surface area contributed by atoms with Gasteiger partial charge in [-0.15, -0.1) is 0 Å². The number of nitrogens with zero attached hydrogens (tertiary/aromatic N) is 2. The van der Waals surface area contributed by atoms with Crippen molar-refractivity contribution in [3.05, 3.63) is 17.0 Å². The molecule has 1 saturated heterocycles. The summed E-state index contributed by atoms with van der Waals surface area (Å²) in [6, 6.07) is 1.68. The van der Waals surface area contributed by atoms with E-state index in [1.165, 1.54) is 0 Å². The molecule has 19 heavy (non-hydrogen) atoms. The first-order chi connectivity index (χ1) is 8.95. The predicted octanol–water partition coefficient (Wildman–Crippen LogP) is 3.23. The van der Waals surface area contributed by atoms with Gasteiger partial charge in [0.1, 0.15) is 11.0 Å². The topological polar surface area (TPSA) is 44.2 Å². The van der Waals surface area contributed by atoms with Crippen molar-refractivity contribution in [1.82, 2.24) is 9.97 Å². The summed E-state index contributed by atoms with van der Waals surface area (Å²) in [4.78, 5) is 8.69. The van der Waals surface area contributed by atoms with Gasteiger partial charge in [0.25, 0.3) is 0 Å². The Labute approximate surface area is 119 Å². The van der Waals surface area contributed by atoms with Crippen molar-refractivity contribution in [1.29, 1.82) is 0 Å². The lowest BCUT2D eigenvalue weighted by atomic mass is 9.96. The number of ether oxygens (including phenoxy) is 2. The van der Waals surface area contributed by atoms with Crippen LogP contribution >= 0.6 is 11.6 Å². The second-order valence-electron chi connectivity index (χ2n) is 5.97. The minimum Gasteiger partial charge on any atom is -0.477 e. The van der Waals surface area contributed by atoms with Crippen molar-refractivity contribution in [2.24, 2.45) is 5.92 Å². The van der Waals surface area contributed by atoms with Gasteiger partial charge >= 0.3 is 0 Å². The summed E-state index contributed by atoms with van der Waals surface area (Å²) < 4.78 is 11.1. The Kier molecular flexibility index (Phi) is 4.63. The molecule has 0 saturated carbocycles. The molecule has 4 nitrogen and oxygen atoms in total. The molecule has 1 fully saturated rings. The largest absolute Gasteiger partial charge is 0.477 e. The zero-order valence-electron chi connectivity index (χ0n) is 11.8. The van der Waals surface area contributed by atoms with E-state index in [0.717, 1.165) is 26.1 Å². The first kappa shape index (κ1) is 14.5. The summed E-state index contributed by atoms with van der Waals surface area (Å²) in [5.41, 5.74) is -0.137. The minimum absolute atomic E-state index is 0.137. The fourth-order valence-electron chi connectivity index (χ4n) is 1.92. The molecule has 0 aromatic carbocycles. The molecular weight excluding hydrogens is 264 g/mol. The van der Waals surface area contributed by atoms with Gasteiger partial charge in [-0.3, -0.25) is 0 Å². The maximum atomic E-state index is 6.03. The Hall–Kier alpha value is -0.870. The van der Waals surface area contributed by atoms with Crippen LogP contribution < -0.4 is 4.74 Å². The van der Waals surface area contributed by atoms with Crippen LogP contribution in [-0.4, -0.2) is 29.8 Å². The molecule has 0 amide bonds. The van der Waals surface area contributed by atoms with Gasteiger partial charge in [-0.05, 0) is 18.8 Å². The highest BCUT2D eigenvalue weighted by molar-refractivity contribution is 6.29. The Morgan fingerprint density at radius 2 is 2.00 bits per heavy atom. The summed E-state index contributed by atoms with van der Waals surface area (Å²) >= 11 is 6.03. The summed E-state index contributed by atoms with van der Waals surface area (Å²) in [5, 5.41) is 0.432. The average Bonchev–Trinajstić information content (AvgIpc) is 2.36. The third-order valence-corrected chi connectivity index (χ3v) is 3.34. The lowest BCUT2D eigenvalue weighted by molar-refractivity contribution is 0.0489. The number of aromatic nitrogens is 2. The van der Waals surface area contributed by atoms with Crippen molar-refractivity contribution in [2.75, 3.05) is 19.8 Å². The van der Waals surface area contributed by atoms with Crippen LogP contribution in [0.3, 0.4) is 0 Å². The van der Waals surface area contributed by atoms with E-state index in [4.69, 9.17) is 21.1 Å². The first-order valence-electron chi connectivity index (χ1n) is 6.71. The molecule has 2 rings (SSSR count). The molecular formula is C14H21ClN2O2. The zero-order valence-corrected chi connectivity index (χ0v) is 12.5. The zero-order chi connectivity index (χ0) is 13.9. The van der Waals surface area contributed by atoms with Crippen LogP contribution in [0.25, 0.3) is 0 Å². The van der Waals surface area contributed by atoms with Gasteiger partial charge in [-0.2, -0.15) is 4.98 Å². The molecule has 2 heterocycles. The van der Waals surface area contributed by atoms with E-state index in [2.05, 4.69) is 30.7 Å². The Balaban J connectivity index is 2.01.